The van der Waals surface area contributed by atoms with Gasteiger partial charge in [-0.3, -0.25) is 4.79 Å². The maximum atomic E-state index is 11.0. The maximum absolute atomic E-state index is 11.0. The van der Waals surface area contributed by atoms with Crippen LogP contribution in [0.15, 0.2) is 12.5 Å². The first-order valence-electron chi connectivity index (χ1n) is 4.38. The zero-order valence-corrected chi connectivity index (χ0v) is 7.77. The Labute approximate surface area is 76.8 Å². The van der Waals surface area contributed by atoms with E-state index in [1.807, 2.05) is 24.7 Å². The zero-order chi connectivity index (χ0) is 9.59. The lowest BCUT2D eigenvalue weighted by molar-refractivity contribution is -0.119. The monoisotopic (exact) mass is 179 g/mol. The summed E-state index contributed by atoms with van der Waals surface area (Å²) in [5.41, 5.74) is 6.23. The van der Waals surface area contributed by atoms with Crippen LogP contribution in [0.3, 0.4) is 0 Å². The van der Waals surface area contributed by atoms with Crippen LogP contribution in [-0.2, 0) is 11.8 Å². The van der Waals surface area contributed by atoms with Crippen molar-refractivity contribution in [3.8, 4) is 0 Å². The van der Waals surface area contributed by atoms with E-state index in [2.05, 4.69) is 4.98 Å². The van der Waals surface area contributed by atoms with Crippen LogP contribution in [-0.4, -0.2) is 15.5 Å². The Morgan fingerprint density at radius 1 is 1.69 bits per heavy atom. The highest BCUT2D eigenvalue weighted by atomic mass is 16.1. The van der Waals surface area contributed by atoms with Crippen LogP contribution in [0.2, 0.25) is 0 Å². The summed E-state index contributed by atoms with van der Waals surface area (Å²) in [6.07, 6.45) is 3.70. The number of rotatable bonds is 2. The molecule has 2 N–H and O–H groups in total. The van der Waals surface area contributed by atoms with Gasteiger partial charge in [0.2, 0.25) is 5.91 Å². The number of hydrogen-bond donors (Lipinski definition) is 1. The summed E-state index contributed by atoms with van der Waals surface area (Å²) in [7, 11) is 1.92. The number of primary amides is 1. The van der Waals surface area contributed by atoms with E-state index in [0.29, 0.717) is 5.92 Å². The summed E-state index contributed by atoms with van der Waals surface area (Å²) >= 11 is 0. The highest BCUT2D eigenvalue weighted by Crippen LogP contribution is 2.52. The number of aromatic nitrogens is 2. The van der Waals surface area contributed by atoms with Gasteiger partial charge in [0, 0.05) is 25.1 Å². The molecule has 0 bridgehead atoms. The third-order valence-corrected chi connectivity index (χ3v) is 2.77. The zero-order valence-electron chi connectivity index (χ0n) is 7.77. The van der Waals surface area contributed by atoms with Gasteiger partial charge in [-0.2, -0.15) is 0 Å². The van der Waals surface area contributed by atoms with Crippen LogP contribution < -0.4 is 5.73 Å². The summed E-state index contributed by atoms with van der Waals surface area (Å²) in [5, 5.41) is 0. The predicted octanol–water partition coefficient (Wildman–Crippen LogP) is 0.255. The molecule has 1 heterocycles. The Morgan fingerprint density at radius 2 is 2.38 bits per heavy atom. The molecule has 4 nitrogen and oxygen atoms in total. The Bertz CT molecular complexity index is 344. The van der Waals surface area contributed by atoms with Crippen molar-refractivity contribution in [1.82, 2.24) is 9.55 Å². The molecule has 1 aromatic rings. The summed E-state index contributed by atoms with van der Waals surface area (Å²) in [5.74, 6) is 0.393. The van der Waals surface area contributed by atoms with Gasteiger partial charge in [-0.25, -0.2) is 4.98 Å². The first-order valence-corrected chi connectivity index (χ1v) is 4.38. The number of carbonyl (C=O) groups excluding carboxylic acids is 1. The molecule has 0 saturated heterocycles. The summed E-state index contributed by atoms with van der Waals surface area (Å²) in [4.78, 5) is 15.2. The van der Waals surface area contributed by atoms with Crippen LogP contribution in [0.1, 0.15) is 18.5 Å². The molecule has 3 unspecified atom stereocenters. The standard InChI is InChI=1S/C9H13N3O/c1-5-7(8(5)9(10)13)6-3-12(2)4-11-6/h3-5,7-8H,1-2H3,(H2,10,13). The Hall–Kier alpha value is -1.32. The molecular weight excluding hydrogens is 166 g/mol. The van der Waals surface area contributed by atoms with Crippen molar-refractivity contribution in [1.29, 1.82) is 0 Å². The fraction of sp³-hybridized carbons (Fsp3) is 0.556. The number of hydrogen-bond acceptors (Lipinski definition) is 2. The van der Waals surface area contributed by atoms with E-state index in [0.717, 1.165) is 5.69 Å². The molecule has 1 amide bonds. The second-order valence-corrected chi connectivity index (χ2v) is 3.78. The molecule has 1 saturated carbocycles. The molecule has 0 aromatic carbocycles. The van der Waals surface area contributed by atoms with Crippen LogP contribution in [0.25, 0.3) is 0 Å². The fourth-order valence-corrected chi connectivity index (χ4v) is 1.96. The number of nitrogens with two attached hydrogens (primary N) is 1. The average molecular weight is 179 g/mol. The molecule has 0 aliphatic heterocycles. The smallest absolute Gasteiger partial charge is 0.221 e. The fourth-order valence-electron chi connectivity index (χ4n) is 1.96. The molecule has 1 fully saturated rings. The van der Waals surface area contributed by atoms with Gasteiger partial charge in [-0.15, -0.1) is 0 Å². The van der Waals surface area contributed by atoms with Crippen molar-refractivity contribution in [2.75, 3.05) is 0 Å². The third kappa shape index (κ3) is 1.22. The van der Waals surface area contributed by atoms with Crippen LogP contribution >= 0.6 is 0 Å². The molecule has 1 aliphatic carbocycles. The Morgan fingerprint density at radius 3 is 2.77 bits per heavy atom. The van der Waals surface area contributed by atoms with E-state index in [1.165, 1.54) is 0 Å². The van der Waals surface area contributed by atoms with Gasteiger partial charge >= 0.3 is 0 Å². The van der Waals surface area contributed by atoms with Crippen molar-refractivity contribution in [2.45, 2.75) is 12.8 Å². The van der Waals surface area contributed by atoms with Crippen molar-refractivity contribution < 1.29 is 4.79 Å². The maximum Gasteiger partial charge on any atom is 0.221 e. The normalized spacial score (nSPS) is 31.7. The van der Waals surface area contributed by atoms with Crippen molar-refractivity contribution in [2.24, 2.45) is 24.6 Å². The molecule has 4 heteroatoms. The van der Waals surface area contributed by atoms with Gasteiger partial charge < -0.3 is 10.3 Å². The van der Waals surface area contributed by atoms with Crippen LogP contribution in [0, 0.1) is 11.8 Å². The lowest BCUT2D eigenvalue weighted by Gasteiger charge is -1.89. The quantitative estimate of drug-likeness (QED) is 0.707. The van der Waals surface area contributed by atoms with Gasteiger partial charge in [0.1, 0.15) is 0 Å². The van der Waals surface area contributed by atoms with E-state index in [-0.39, 0.29) is 17.7 Å². The second kappa shape index (κ2) is 2.58. The summed E-state index contributed by atoms with van der Waals surface area (Å²) < 4.78 is 1.89. The third-order valence-electron chi connectivity index (χ3n) is 2.77. The van der Waals surface area contributed by atoms with Gasteiger partial charge in [0.25, 0.3) is 0 Å². The topological polar surface area (TPSA) is 60.9 Å². The van der Waals surface area contributed by atoms with Crippen molar-refractivity contribution in [3.63, 3.8) is 0 Å². The Balaban J connectivity index is 2.17. The highest BCUT2D eigenvalue weighted by Gasteiger charge is 2.52. The summed E-state index contributed by atoms with van der Waals surface area (Å²) in [6.45, 7) is 2.04. The Kier molecular flexibility index (Phi) is 1.65. The van der Waals surface area contributed by atoms with Gasteiger partial charge in [-0.05, 0) is 5.92 Å². The molecule has 0 spiro atoms. The molecule has 2 rings (SSSR count). The minimum atomic E-state index is -0.205. The first kappa shape index (κ1) is 8.29. The molecule has 1 aromatic heterocycles. The molecule has 13 heavy (non-hydrogen) atoms. The lowest BCUT2D eigenvalue weighted by Crippen LogP contribution is -2.14. The van der Waals surface area contributed by atoms with E-state index in [4.69, 9.17) is 5.73 Å². The lowest BCUT2D eigenvalue weighted by atomic mass is 10.2. The predicted molar refractivity (Wildman–Crippen MR) is 47.8 cm³/mol. The molecular formula is C9H13N3O. The number of amides is 1. The summed E-state index contributed by atoms with van der Waals surface area (Å²) in [6, 6.07) is 0. The first-order chi connectivity index (χ1) is 6.11. The van der Waals surface area contributed by atoms with Crippen LogP contribution in [0.5, 0.6) is 0 Å². The van der Waals surface area contributed by atoms with E-state index in [1.54, 1.807) is 6.33 Å². The number of aryl methyl sites for hydroxylation is 1. The van der Waals surface area contributed by atoms with E-state index in [9.17, 15) is 4.79 Å². The minimum Gasteiger partial charge on any atom is -0.369 e. The van der Waals surface area contributed by atoms with Gasteiger partial charge in [-0.1, -0.05) is 6.92 Å². The minimum absolute atomic E-state index is 0.00472. The largest absolute Gasteiger partial charge is 0.369 e. The molecule has 3 atom stereocenters. The number of carbonyl (C=O) groups is 1. The SMILES string of the molecule is CC1C(C(N)=O)C1c1cn(C)cn1. The van der Waals surface area contributed by atoms with E-state index < -0.39 is 0 Å². The van der Waals surface area contributed by atoms with Crippen molar-refractivity contribution >= 4 is 5.91 Å². The van der Waals surface area contributed by atoms with E-state index >= 15 is 0 Å². The highest BCUT2D eigenvalue weighted by molar-refractivity contribution is 5.81. The van der Waals surface area contributed by atoms with Crippen LogP contribution in [0.4, 0.5) is 0 Å². The average Bonchev–Trinajstić information content (AvgIpc) is 2.51. The number of imidazole rings is 1. The molecule has 70 valence electrons. The van der Waals surface area contributed by atoms with Gasteiger partial charge in [0.05, 0.1) is 12.0 Å². The van der Waals surface area contributed by atoms with Gasteiger partial charge in [0.15, 0.2) is 0 Å². The molecule has 0 radical (unpaired) electrons. The molecule has 1 aliphatic rings. The van der Waals surface area contributed by atoms with Crippen molar-refractivity contribution in [3.05, 3.63) is 18.2 Å². The second-order valence-electron chi connectivity index (χ2n) is 3.78. The number of nitrogens with zero attached hydrogens (tertiary/aromatic N) is 2.